The topological polar surface area (TPSA) is 38.9 Å². The van der Waals surface area contributed by atoms with Crippen molar-refractivity contribution in [1.29, 1.82) is 0 Å². The monoisotopic (exact) mass is 208 g/mol. The zero-order valence-electron chi connectivity index (χ0n) is 8.49. The van der Waals surface area contributed by atoms with Gasteiger partial charge in [0.05, 0.1) is 10.7 Å². The first-order valence-electron chi connectivity index (χ1n) is 5.11. The molecule has 1 saturated carbocycles. The molecule has 1 atom stereocenters. The summed E-state index contributed by atoms with van der Waals surface area (Å²) in [7, 11) is 0. The van der Waals surface area contributed by atoms with E-state index in [0.717, 1.165) is 17.1 Å². The molecule has 0 amide bonds. The van der Waals surface area contributed by atoms with Gasteiger partial charge in [0.15, 0.2) is 0 Å². The third kappa shape index (κ3) is 2.42. The summed E-state index contributed by atoms with van der Waals surface area (Å²) < 4.78 is 0. The number of hydrogen-bond acceptors (Lipinski definition) is 3. The summed E-state index contributed by atoms with van der Waals surface area (Å²) >= 11 is 1.71. The molecule has 3 heteroatoms. The largest absolute Gasteiger partial charge is 0.327 e. The highest BCUT2D eigenvalue weighted by atomic mass is 32.1. The number of rotatable bonds is 1. The molecule has 2 rings (SSSR count). The van der Waals surface area contributed by atoms with Crippen molar-refractivity contribution >= 4 is 17.4 Å². The SMILES string of the molecule is Cc1nc(C=C2CCCC(N)C2)cs1. The lowest BCUT2D eigenvalue weighted by Gasteiger charge is -2.19. The summed E-state index contributed by atoms with van der Waals surface area (Å²) in [4.78, 5) is 4.43. The van der Waals surface area contributed by atoms with Crippen LogP contribution in [0.15, 0.2) is 11.0 Å². The van der Waals surface area contributed by atoms with E-state index in [-0.39, 0.29) is 0 Å². The highest BCUT2D eigenvalue weighted by molar-refractivity contribution is 7.09. The first-order valence-corrected chi connectivity index (χ1v) is 5.99. The predicted molar refractivity (Wildman–Crippen MR) is 61.3 cm³/mol. The van der Waals surface area contributed by atoms with Gasteiger partial charge in [-0.15, -0.1) is 11.3 Å². The maximum Gasteiger partial charge on any atom is 0.0901 e. The first kappa shape index (κ1) is 9.87. The number of aryl methyl sites for hydroxylation is 1. The number of aromatic nitrogens is 1. The van der Waals surface area contributed by atoms with Crippen molar-refractivity contribution in [3.05, 3.63) is 21.7 Å². The van der Waals surface area contributed by atoms with Crippen LogP contribution in [-0.2, 0) is 0 Å². The minimum atomic E-state index is 0.370. The van der Waals surface area contributed by atoms with E-state index >= 15 is 0 Å². The first-order chi connectivity index (χ1) is 6.74. The van der Waals surface area contributed by atoms with Crippen molar-refractivity contribution < 1.29 is 0 Å². The van der Waals surface area contributed by atoms with Gasteiger partial charge < -0.3 is 5.73 Å². The van der Waals surface area contributed by atoms with E-state index in [1.165, 1.54) is 24.8 Å². The third-order valence-electron chi connectivity index (χ3n) is 2.59. The van der Waals surface area contributed by atoms with Crippen LogP contribution < -0.4 is 5.73 Å². The van der Waals surface area contributed by atoms with E-state index in [1.807, 2.05) is 6.92 Å². The Bertz CT molecular complexity index is 341. The Morgan fingerprint density at radius 2 is 2.50 bits per heavy atom. The van der Waals surface area contributed by atoms with E-state index in [2.05, 4.69) is 16.4 Å². The Hall–Kier alpha value is -0.670. The average molecular weight is 208 g/mol. The summed E-state index contributed by atoms with van der Waals surface area (Å²) in [6.07, 6.45) is 6.87. The molecule has 1 aromatic rings. The van der Waals surface area contributed by atoms with Crippen molar-refractivity contribution in [3.63, 3.8) is 0 Å². The van der Waals surface area contributed by atoms with Crippen LogP contribution in [0.4, 0.5) is 0 Å². The Morgan fingerprint density at radius 1 is 1.64 bits per heavy atom. The zero-order valence-corrected chi connectivity index (χ0v) is 9.31. The standard InChI is InChI=1S/C11H16N2S/c1-8-13-11(7-14-8)6-9-3-2-4-10(12)5-9/h6-7,10H,2-5,12H2,1H3. The molecular formula is C11H16N2S. The summed E-state index contributed by atoms with van der Waals surface area (Å²) in [6.45, 7) is 2.04. The van der Waals surface area contributed by atoms with Crippen LogP contribution in [0.3, 0.4) is 0 Å². The maximum absolute atomic E-state index is 5.93. The molecule has 0 radical (unpaired) electrons. The van der Waals surface area contributed by atoms with Crippen LogP contribution >= 0.6 is 11.3 Å². The molecule has 1 heterocycles. The van der Waals surface area contributed by atoms with Gasteiger partial charge in [-0.1, -0.05) is 5.57 Å². The molecule has 0 aromatic carbocycles. The van der Waals surface area contributed by atoms with Crippen molar-refractivity contribution in [1.82, 2.24) is 4.98 Å². The molecule has 1 aliphatic carbocycles. The zero-order chi connectivity index (χ0) is 9.97. The highest BCUT2D eigenvalue weighted by Gasteiger charge is 2.12. The van der Waals surface area contributed by atoms with E-state index < -0.39 is 0 Å². The minimum Gasteiger partial charge on any atom is -0.327 e. The Kier molecular flexibility index (Phi) is 2.99. The lowest BCUT2D eigenvalue weighted by Crippen LogP contribution is -2.23. The maximum atomic E-state index is 5.93. The molecule has 1 aromatic heterocycles. The quantitative estimate of drug-likeness (QED) is 0.770. The molecule has 0 spiro atoms. The van der Waals surface area contributed by atoms with Crippen molar-refractivity contribution in [2.24, 2.45) is 5.73 Å². The van der Waals surface area contributed by atoms with Crippen molar-refractivity contribution in [2.45, 2.75) is 38.6 Å². The lowest BCUT2D eigenvalue weighted by molar-refractivity contribution is 0.520. The van der Waals surface area contributed by atoms with Crippen LogP contribution in [-0.4, -0.2) is 11.0 Å². The van der Waals surface area contributed by atoms with Gasteiger partial charge in [0.25, 0.3) is 0 Å². The van der Waals surface area contributed by atoms with Gasteiger partial charge in [-0.25, -0.2) is 4.98 Å². The van der Waals surface area contributed by atoms with Gasteiger partial charge in [0.2, 0.25) is 0 Å². The number of nitrogens with two attached hydrogens (primary N) is 1. The van der Waals surface area contributed by atoms with Gasteiger partial charge in [-0.05, 0) is 38.7 Å². The Morgan fingerprint density at radius 3 is 3.14 bits per heavy atom. The molecule has 0 saturated heterocycles. The highest BCUT2D eigenvalue weighted by Crippen LogP contribution is 2.24. The second-order valence-corrected chi connectivity index (χ2v) is 5.01. The predicted octanol–water partition coefficient (Wildman–Crippen LogP) is 2.74. The van der Waals surface area contributed by atoms with Gasteiger partial charge in [0.1, 0.15) is 0 Å². The molecule has 0 aliphatic heterocycles. The van der Waals surface area contributed by atoms with Crippen molar-refractivity contribution in [2.75, 3.05) is 0 Å². The van der Waals surface area contributed by atoms with Gasteiger partial charge in [-0.3, -0.25) is 0 Å². The molecular weight excluding hydrogens is 192 g/mol. The molecule has 2 nitrogen and oxygen atoms in total. The fourth-order valence-electron chi connectivity index (χ4n) is 1.92. The molecule has 2 N–H and O–H groups in total. The number of nitrogens with zero attached hydrogens (tertiary/aromatic N) is 1. The average Bonchev–Trinajstić information content (AvgIpc) is 2.51. The Balaban J connectivity index is 2.09. The van der Waals surface area contributed by atoms with E-state index in [0.29, 0.717) is 6.04 Å². The van der Waals surface area contributed by atoms with E-state index in [9.17, 15) is 0 Å². The van der Waals surface area contributed by atoms with Crippen LogP contribution in [0.25, 0.3) is 6.08 Å². The number of thiazole rings is 1. The van der Waals surface area contributed by atoms with Crippen LogP contribution in [0.2, 0.25) is 0 Å². The molecule has 1 aliphatic rings. The molecule has 1 fully saturated rings. The van der Waals surface area contributed by atoms with Crippen LogP contribution in [0.1, 0.15) is 36.4 Å². The molecule has 1 unspecified atom stereocenters. The fraction of sp³-hybridized carbons (Fsp3) is 0.545. The third-order valence-corrected chi connectivity index (χ3v) is 3.38. The second-order valence-electron chi connectivity index (χ2n) is 3.95. The number of hydrogen-bond donors (Lipinski definition) is 1. The van der Waals surface area contributed by atoms with Crippen LogP contribution in [0.5, 0.6) is 0 Å². The molecule has 76 valence electrons. The normalized spacial score (nSPS) is 25.6. The molecule has 0 bridgehead atoms. The lowest BCUT2D eigenvalue weighted by atomic mass is 9.91. The van der Waals surface area contributed by atoms with Crippen LogP contribution in [0, 0.1) is 6.92 Å². The van der Waals surface area contributed by atoms with Crippen molar-refractivity contribution in [3.8, 4) is 0 Å². The second kappa shape index (κ2) is 4.24. The van der Waals surface area contributed by atoms with Gasteiger partial charge in [-0.2, -0.15) is 0 Å². The minimum absolute atomic E-state index is 0.370. The summed E-state index contributed by atoms with van der Waals surface area (Å²) in [6, 6.07) is 0.370. The fourth-order valence-corrected chi connectivity index (χ4v) is 2.49. The molecule has 14 heavy (non-hydrogen) atoms. The van der Waals surface area contributed by atoms with E-state index in [1.54, 1.807) is 11.3 Å². The summed E-state index contributed by atoms with van der Waals surface area (Å²) in [5, 5.41) is 3.25. The van der Waals surface area contributed by atoms with Gasteiger partial charge in [0, 0.05) is 11.4 Å². The summed E-state index contributed by atoms with van der Waals surface area (Å²) in [5.41, 5.74) is 8.50. The van der Waals surface area contributed by atoms with Gasteiger partial charge >= 0.3 is 0 Å². The smallest absolute Gasteiger partial charge is 0.0901 e. The Labute approximate surface area is 88.9 Å². The summed E-state index contributed by atoms with van der Waals surface area (Å²) in [5.74, 6) is 0. The van der Waals surface area contributed by atoms with E-state index in [4.69, 9.17) is 5.73 Å².